The SMILES string of the molecule is C=C/C=C(/c1cc(C)nc2c(OCc3c(Cl)cncc3CNS(=O)(=O)c3cccs3)cccc12)N(C)C. The number of nitrogens with zero attached hydrogens (tertiary/aromatic N) is 3. The summed E-state index contributed by atoms with van der Waals surface area (Å²) in [4.78, 5) is 10.9. The number of fused-ring (bicyclic) bond motifs is 1. The molecule has 0 amide bonds. The van der Waals surface area contributed by atoms with Crippen LogP contribution in [0.15, 0.2) is 77.1 Å². The zero-order chi connectivity index (χ0) is 26.6. The molecule has 7 nitrogen and oxygen atoms in total. The summed E-state index contributed by atoms with van der Waals surface area (Å²) in [5.74, 6) is 0.595. The van der Waals surface area contributed by atoms with Crippen LogP contribution < -0.4 is 9.46 Å². The van der Waals surface area contributed by atoms with E-state index >= 15 is 0 Å². The number of hydrogen-bond acceptors (Lipinski definition) is 7. The van der Waals surface area contributed by atoms with Gasteiger partial charge in [0.25, 0.3) is 0 Å². The van der Waals surface area contributed by atoms with Crippen LogP contribution in [0.25, 0.3) is 16.6 Å². The van der Waals surface area contributed by atoms with Crippen molar-refractivity contribution in [2.24, 2.45) is 0 Å². The van der Waals surface area contributed by atoms with E-state index in [0.29, 0.717) is 21.9 Å². The van der Waals surface area contributed by atoms with Gasteiger partial charge in [-0.05, 0) is 42.1 Å². The zero-order valence-corrected chi connectivity index (χ0v) is 23.1. The number of nitrogens with one attached hydrogen (secondary N) is 1. The van der Waals surface area contributed by atoms with E-state index in [-0.39, 0.29) is 17.4 Å². The normalized spacial score (nSPS) is 12.1. The highest BCUT2D eigenvalue weighted by Crippen LogP contribution is 2.33. The van der Waals surface area contributed by atoms with Gasteiger partial charge in [-0.1, -0.05) is 42.5 Å². The van der Waals surface area contributed by atoms with Crippen molar-refractivity contribution in [3.8, 4) is 5.75 Å². The number of halogens is 1. The monoisotopic (exact) mass is 554 g/mol. The first-order chi connectivity index (χ1) is 17.7. The van der Waals surface area contributed by atoms with Crippen LogP contribution in [0.5, 0.6) is 5.75 Å². The van der Waals surface area contributed by atoms with Crippen molar-refractivity contribution in [3.63, 3.8) is 0 Å². The first kappa shape index (κ1) is 26.8. The van der Waals surface area contributed by atoms with Gasteiger partial charge in [0.2, 0.25) is 10.0 Å². The summed E-state index contributed by atoms with van der Waals surface area (Å²) in [5, 5.41) is 3.05. The van der Waals surface area contributed by atoms with Crippen LogP contribution in [-0.4, -0.2) is 37.4 Å². The second kappa shape index (κ2) is 11.4. The number of ether oxygens (including phenoxy) is 1. The Bertz CT molecular complexity index is 1570. The number of sulfonamides is 1. The molecular formula is C27H27ClN4O3S2. The number of aromatic nitrogens is 2. The number of benzene rings is 1. The predicted molar refractivity (Wildman–Crippen MR) is 150 cm³/mol. The number of allylic oxidation sites excluding steroid dienone is 2. The molecule has 0 saturated heterocycles. The number of para-hydroxylation sites is 1. The Balaban J connectivity index is 1.65. The van der Waals surface area contributed by atoms with E-state index in [9.17, 15) is 8.42 Å². The Morgan fingerprint density at radius 1 is 1.24 bits per heavy atom. The van der Waals surface area contributed by atoms with Crippen LogP contribution in [0.2, 0.25) is 5.02 Å². The third-order valence-corrected chi connectivity index (χ3v) is 8.77. The standard InChI is InChI=1S/C27H27ClN4O3S2/c1-5-8-24(32(3)4)21-13-18(2)31-27-20(21)9-6-10-25(27)35-17-22-19(14-29-16-23(22)28)15-30-37(33,34)26-11-7-12-36-26/h5-14,16,30H,1,15,17H2,2-4H3/b24-8-. The molecular weight excluding hydrogens is 528 g/mol. The van der Waals surface area contributed by atoms with E-state index in [4.69, 9.17) is 21.3 Å². The Hall–Kier alpha value is -3.24. The Labute approximate surface area is 226 Å². The number of hydrogen-bond donors (Lipinski definition) is 1. The van der Waals surface area contributed by atoms with Gasteiger partial charge in [0, 0.05) is 60.9 Å². The molecule has 37 heavy (non-hydrogen) atoms. The number of pyridine rings is 2. The van der Waals surface area contributed by atoms with Gasteiger partial charge < -0.3 is 9.64 Å². The molecule has 0 spiro atoms. The van der Waals surface area contributed by atoms with E-state index in [1.54, 1.807) is 29.8 Å². The molecule has 1 aromatic carbocycles. The van der Waals surface area contributed by atoms with Crippen molar-refractivity contribution >= 4 is 49.6 Å². The molecule has 192 valence electrons. The van der Waals surface area contributed by atoms with Gasteiger partial charge in [-0.3, -0.25) is 4.98 Å². The summed E-state index contributed by atoms with van der Waals surface area (Å²) in [6, 6.07) is 11.1. The second-order valence-electron chi connectivity index (χ2n) is 8.45. The van der Waals surface area contributed by atoms with Crippen LogP contribution in [0, 0.1) is 6.92 Å². The quantitative estimate of drug-likeness (QED) is 0.249. The smallest absolute Gasteiger partial charge is 0.250 e. The minimum atomic E-state index is -3.64. The summed E-state index contributed by atoms with van der Waals surface area (Å²) in [5.41, 5.74) is 4.86. The van der Waals surface area contributed by atoms with Crippen molar-refractivity contribution in [2.45, 2.75) is 24.3 Å². The first-order valence-electron chi connectivity index (χ1n) is 11.4. The van der Waals surface area contributed by atoms with Gasteiger partial charge in [0.1, 0.15) is 22.1 Å². The molecule has 3 aromatic heterocycles. The Morgan fingerprint density at radius 2 is 2.05 bits per heavy atom. The summed E-state index contributed by atoms with van der Waals surface area (Å²) in [6.07, 6.45) is 6.83. The molecule has 0 aliphatic rings. The lowest BCUT2D eigenvalue weighted by molar-refractivity contribution is 0.308. The Kier molecular flexibility index (Phi) is 8.29. The van der Waals surface area contributed by atoms with E-state index in [1.807, 2.05) is 56.3 Å². The molecule has 0 radical (unpaired) electrons. The second-order valence-corrected chi connectivity index (χ2v) is 11.8. The largest absolute Gasteiger partial charge is 0.487 e. The molecule has 4 aromatic rings. The number of rotatable bonds is 10. The van der Waals surface area contributed by atoms with Crippen molar-refractivity contribution in [3.05, 3.63) is 100 Å². The average molecular weight is 555 g/mol. The maximum atomic E-state index is 12.6. The van der Waals surface area contributed by atoms with Crippen molar-refractivity contribution < 1.29 is 13.2 Å². The highest BCUT2D eigenvalue weighted by molar-refractivity contribution is 7.91. The zero-order valence-electron chi connectivity index (χ0n) is 20.7. The Morgan fingerprint density at radius 3 is 2.76 bits per heavy atom. The molecule has 0 saturated carbocycles. The maximum absolute atomic E-state index is 12.6. The highest BCUT2D eigenvalue weighted by Gasteiger charge is 2.18. The highest BCUT2D eigenvalue weighted by atomic mass is 35.5. The van der Waals surface area contributed by atoms with Crippen LogP contribution in [0.1, 0.15) is 22.4 Å². The van der Waals surface area contributed by atoms with E-state index in [0.717, 1.165) is 39.2 Å². The van der Waals surface area contributed by atoms with Gasteiger partial charge in [-0.2, -0.15) is 0 Å². The predicted octanol–water partition coefficient (Wildman–Crippen LogP) is 5.80. The molecule has 0 aliphatic heterocycles. The molecule has 0 atom stereocenters. The lowest BCUT2D eigenvalue weighted by atomic mass is 10.0. The average Bonchev–Trinajstić information content (AvgIpc) is 3.41. The third-order valence-electron chi connectivity index (χ3n) is 5.64. The molecule has 4 rings (SSSR count). The van der Waals surface area contributed by atoms with Crippen LogP contribution in [0.4, 0.5) is 0 Å². The molecule has 3 heterocycles. The van der Waals surface area contributed by atoms with Gasteiger partial charge in [0.05, 0.1) is 5.02 Å². The number of aryl methyl sites for hydroxylation is 1. The summed E-state index contributed by atoms with van der Waals surface area (Å²) in [6.45, 7) is 5.94. The molecule has 0 fully saturated rings. The topological polar surface area (TPSA) is 84.4 Å². The van der Waals surface area contributed by atoms with E-state index in [2.05, 4.69) is 16.3 Å². The van der Waals surface area contributed by atoms with Crippen molar-refractivity contribution in [1.29, 1.82) is 0 Å². The molecule has 0 unspecified atom stereocenters. The number of thiophene rings is 1. The third kappa shape index (κ3) is 6.02. The van der Waals surface area contributed by atoms with Gasteiger partial charge in [-0.25, -0.2) is 18.1 Å². The van der Waals surface area contributed by atoms with Crippen LogP contribution in [0.3, 0.4) is 0 Å². The van der Waals surface area contributed by atoms with Crippen LogP contribution in [-0.2, 0) is 23.2 Å². The first-order valence-corrected chi connectivity index (χ1v) is 14.1. The fraction of sp³-hybridized carbons (Fsp3) is 0.185. The van der Waals surface area contributed by atoms with E-state index in [1.165, 1.54) is 6.20 Å². The fourth-order valence-corrected chi connectivity index (χ4v) is 6.17. The van der Waals surface area contributed by atoms with Gasteiger partial charge >= 0.3 is 0 Å². The molecule has 0 aliphatic carbocycles. The molecule has 1 N–H and O–H groups in total. The van der Waals surface area contributed by atoms with Crippen molar-refractivity contribution in [2.75, 3.05) is 14.1 Å². The van der Waals surface area contributed by atoms with E-state index < -0.39 is 10.0 Å². The minimum absolute atomic E-state index is 0.0298. The fourth-order valence-electron chi connectivity index (χ4n) is 3.90. The van der Waals surface area contributed by atoms with Gasteiger partial charge in [-0.15, -0.1) is 11.3 Å². The lowest BCUT2D eigenvalue weighted by Gasteiger charge is -2.20. The van der Waals surface area contributed by atoms with Crippen LogP contribution >= 0.6 is 22.9 Å². The summed E-state index contributed by atoms with van der Waals surface area (Å²) >= 11 is 7.62. The molecule has 0 bridgehead atoms. The lowest BCUT2D eigenvalue weighted by Crippen LogP contribution is -2.23. The molecule has 10 heteroatoms. The maximum Gasteiger partial charge on any atom is 0.250 e. The van der Waals surface area contributed by atoms with Crippen molar-refractivity contribution in [1.82, 2.24) is 19.6 Å². The minimum Gasteiger partial charge on any atom is -0.487 e. The summed E-state index contributed by atoms with van der Waals surface area (Å²) in [7, 11) is 0.326. The van der Waals surface area contributed by atoms with Gasteiger partial charge in [0.15, 0.2) is 0 Å². The summed E-state index contributed by atoms with van der Waals surface area (Å²) < 4.78 is 34.3.